The predicted octanol–water partition coefficient (Wildman–Crippen LogP) is 3.28. The van der Waals surface area contributed by atoms with Crippen LogP contribution in [0.5, 0.6) is 0 Å². The van der Waals surface area contributed by atoms with E-state index < -0.39 is 0 Å². The van der Waals surface area contributed by atoms with Crippen molar-refractivity contribution in [1.82, 2.24) is 9.55 Å². The van der Waals surface area contributed by atoms with Gasteiger partial charge in [0.05, 0.1) is 6.54 Å². The maximum atomic E-state index is 11.7. The second-order valence-corrected chi connectivity index (χ2v) is 5.07. The van der Waals surface area contributed by atoms with E-state index in [-0.39, 0.29) is 5.78 Å². The summed E-state index contributed by atoms with van der Waals surface area (Å²) in [7, 11) is 0. The fourth-order valence-corrected chi connectivity index (χ4v) is 2.49. The quantitative estimate of drug-likeness (QED) is 0.761. The van der Waals surface area contributed by atoms with Crippen molar-refractivity contribution in [1.29, 1.82) is 0 Å². The van der Waals surface area contributed by atoms with Crippen molar-refractivity contribution in [2.75, 3.05) is 0 Å². The van der Waals surface area contributed by atoms with Crippen molar-refractivity contribution < 1.29 is 4.79 Å². The summed E-state index contributed by atoms with van der Waals surface area (Å²) in [5, 5.41) is 3.12. The molecule has 2 aromatic heterocycles. The van der Waals surface area contributed by atoms with Crippen LogP contribution in [-0.4, -0.2) is 15.3 Å². The summed E-state index contributed by atoms with van der Waals surface area (Å²) in [6, 6.07) is 1.89. The Hall–Kier alpha value is -1.42. The van der Waals surface area contributed by atoms with Gasteiger partial charge in [-0.15, -0.1) is 11.3 Å². The topological polar surface area (TPSA) is 34.9 Å². The summed E-state index contributed by atoms with van der Waals surface area (Å²) in [5.74, 6) is 0.224. The largest absolute Gasteiger partial charge is 0.347 e. The summed E-state index contributed by atoms with van der Waals surface area (Å²) in [6.45, 7) is 4.76. The van der Waals surface area contributed by atoms with Crippen molar-refractivity contribution in [3.05, 3.63) is 40.1 Å². The minimum atomic E-state index is 0.224. The van der Waals surface area contributed by atoms with Gasteiger partial charge in [-0.3, -0.25) is 4.79 Å². The molecular formula is C13H16N2OS. The lowest BCUT2D eigenvalue weighted by molar-refractivity contribution is 0.0981. The smallest absolute Gasteiger partial charge is 0.164 e. The van der Waals surface area contributed by atoms with Gasteiger partial charge in [-0.2, -0.15) is 0 Å². The van der Waals surface area contributed by atoms with E-state index in [0.717, 1.165) is 29.2 Å². The summed E-state index contributed by atoms with van der Waals surface area (Å²) >= 11 is 1.66. The highest BCUT2D eigenvalue weighted by Crippen LogP contribution is 2.12. The van der Waals surface area contributed by atoms with Crippen LogP contribution in [0.3, 0.4) is 0 Å². The second-order valence-electron chi connectivity index (χ2n) is 4.13. The van der Waals surface area contributed by atoms with Gasteiger partial charge in [-0.05, 0) is 19.4 Å². The van der Waals surface area contributed by atoms with Crippen LogP contribution in [0.1, 0.15) is 40.8 Å². The molecule has 0 unspecified atom stereocenters. The fourth-order valence-electron chi connectivity index (χ4n) is 1.71. The molecule has 0 spiro atoms. The van der Waals surface area contributed by atoms with Crippen LogP contribution in [0.4, 0.5) is 0 Å². The molecule has 0 amide bonds. The van der Waals surface area contributed by atoms with Crippen LogP contribution >= 0.6 is 11.3 Å². The Morgan fingerprint density at radius 3 is 3.00 bits per heavy atom. The van der Waals surface area contributed by atoms with E-state index in [2.05, 4.69) is 4.98 Å². The van der Waals surface area contributed by atoms with E-state index in [1.165, 1.54) is 0 Å². The highest BCUT2D eigenvalue weighted by atomic mass is 32.1. The number of ketones is 1. The standard InChI is InChI=1S/C13H16N2OS/c1-3-4-12(16)11-5-6-15(7-11)8-13-14-10(2)9-17-13/h5-7,9H,3-4,8H2,1-2H3. The third kappa shape index (κ3) is 3.03. The summed E-state index contributed by atoms with van der Waals surface area (Å²) in [4.78, 5) is 16.1. The molecular weight excluding hydrogens is 232 g/mol. The molecule has 2 rings (SSSR count). The maximum absolute atomic E-state index is 11.7. The number of nitrogens with zero attached hydrogens (tertiary/aromatic N) is 2. The van der Waals surface area contributed by atoms with Gasteiger partial charge in [-0.25, -0.2) is 4.98 Å². The van der Waals surface area contributed by atoms with Crippen LogP contribution < -0.4 is 0 Å². The molecule has 17 heavy (non-hydrogen) atoms. The number of rotatable bonds is 5. The van der Waals surface area contributed by atoms with Crippen LogP contribution in [0.15, 0.2) is 23.8 Å². The molecule has 0 fully saturated rings. The average molecular weight is 248 g/mol. The number of thiazole rings is 1. The Morgan fingerprint density at radius 1 is 1.53 bits per heavy atom. The van der Waals surface area contributed by atoms with Gasteiger partial charge in [0.1, 0.15) is 5.01 Å². The van der Waals surface area contributed by atoms with E-state index in [1.807, 2.05) is 42.3 Å². The number of carbonyl (C=O) groups is 1. The molecule has 0 aromatic carbocycles. The van der Waals surface area contributed by atoms with Gasteiger partial charge in [0.2, 0.25) is 0 Å². The van der Waals surface area contributed by atoms with Gasteiger partial charge in [0, 0.05) is 35.5 Å². The number of hydrogen-bond acceptors (Lipinski definition) is 3. The highest BCUT2D eigenvalue weighted by Gasteiger charge is 2.07. The van der Waals surface area contributed by atoms with E-state index in [4.69, 9.17) is 0 Å². The zero-order valence-electron chi connectivity index (χ0n) is 10.1. The van der Waals surface area contributed by atoms with Gasteiger partial charge >= 0.3 is 0 Å². The van der Waals surface area contributed by atoms with Gasteiger partial charge in [0.25, 0.3) is 0 Å². The first kappa shape index (κ1) is 12.0. The van der Waals surface area contributed by atoms with Crippen molar-refractivity contribution in [3.8, 4) is 0 Å². The van der Waals surface area contributed by atoms with Crippen LogP contribution in [0.25, 0.3) is 0 Å². The summed E-state index contributed by atoms with van der Waals surface area (Å²) in [6.07, 6.45) is 5.38. The molecule has 0 aliphatic heterocycles. The first-order valence-electron chi connectivity index (χ1n) is 5.79. The Balaban J connectivity index is 2.06. The number of carbonyl (C=O) groups excluding carboxylic acids is 1. The normalized spacial score (nSPS) is 10.7. The minimum Gasteiger partial charge on any atom is -0.347 e. The summed E-state index contributed by atoms with van der Waals surface area (Å²) < 4.78 is 2.02. The van der Waals surface area contributed by atoms with Crippen molar-refractivity contribution >= 4 is 17.1 Å². The first-order chi connectivity index (χ1) is 8.19. The maximum Gasteiger partial charge on any atom is 0.164 e. The molecule has 0 bridgehead atoms. The van der Waals surface area contributed by atoms with Crippen LogP contribution in [0.2, 0.25) is 0 Å². The zero-order chi connectivity index (χ0) is 12.3. The molecule has 90 valence electrons. The van der Waals surface area contributed by atoms with Gasteiger partial charge < -0.3 is 4.57 Å². The number of aromatic nitrogens is 2. The lowest BCUT2D eigenvalue weighted by Crippen LogP contribution is -1.98. The average Bonchev–Trinajstić information content (AvgIpc) is 2.89. The molecule has 2 aromatic rings. The predicted molar refractivity (Wildman–Crippen MR) is 69.6 cm³/mol. The first-order valence-corrected chi connectivity index (χ1v) is 6.67. The molecule has 0 saturated heterocycles. The van der Waals surface area contributed by atoms with Crippen molar-refractivity contribution in [2.45, 2.75) is 33.2 Å². The van der Waals surface area contributed by atoms with E-state index in [0.29, 0.717) is 6.42 Å². The zero-order valence-corrected chi connectivity index (χ0v) is 11.0. The molecule has 0 saturated carbocycles. The monoisotopic (exact) mass is 248 g/mol. The Labute approximate surface area is 105 Å². The molecule has 0 aliphatic carbocycles. The molecule has 0 aliphatic rings. The number of hydrogen-bond donors (Lipinski definition) is 0. The molecule has 3 nitrogen and oxygen atoms in total. The van der Waals surface area contributed by atoms with Crippen molar-refractivity contribution in [2.24, 2.45) is 0 Å². The van der Waals surface area contributed by atoms with Crippen LogP contribution in [-0.2, 0) is 6.54 Å². The fraction of sp³-hybridized carbons (Fsp3) is 0.385. The van der Waals surface area contributed by atoms with E-state index in [9.17, 15) is 4.79 Å². The lowest BCUT2D eigenvalue weighted by Gasteiger charge is -1.98. The highest BCUT2D eigenvalue weighted by molar-refractivity contribution is 7.09. The Morgan fingerprint density at radius 2 is 2.35 bits per heavy atom. The molecule has 0 N–H and O–H groups in total. The van der Waals surface area contributed by atoms with E-state index in [1.54, 1.807) is 11.3 Å². The second kappa shape index (κ2) is 5.27. The molecule has 0 atom stereocenters. The lowest BCUT2D eigenvalue weighted by atomic mass is 10.1. The Bertz CT molecular complexity index is 513. The van der Waals surface area contributed by atoms with Gasteiger partial charge in [0.15, 0.2) is 5.78 Å². The SMILES string of the molecule is CCCC(=O)c1ccn(Cc2nc(C)cs2)c1. The Kier molecular flexibility index (Phi) is 3.74. The number of Topliss-reactive ketones (excluding diaryl/α,β-unsaturated/α-hetero) is 1. The molecule has 2 heterocycles. The molecule has 0 radical (unpaired) electrons. The van der Waals surface area contributed by atoms with Crippen LogP contribution in [0, 0.1) is 6.92 Å². The third-order valence-electron chi connectivity index (χ3n) is 2.53. The molecule has 4 heteroatoms. The van der Waals surface area contributed by atoms with Crippen molar-refractivity contribution in [3.63, 3.8) is 0 Å². The van der Waals surface area contributed by atoms with Gasteiger partial charge in [-0.1, -0.05) is 6.92 Å². The van der Waals surface area contributed by atoms with E-state index >= 15 is 0 Å². The summed E-state index contributed by atoms with van der Waals surface area (Å²) in [5.41, 5.74) is 1.86. The third-order valence-corrected chi connectivity index (χ3v) is 3.49. The minimum absolute atomic E-state index is 0.224. The number of aryl methyl sites for hydroxylation is 1.